The molecule has 0 heterocycles. The molecule has 0 saturated carbocycles. The third kappa shape index (κ3) is 5.25. The Morgan fingerprint density at radius 2 is 2.07 bits per heavy atom. The van der Waals surface area contributed by atoms with Crippen LogP contribution in [0.5, 0.6) is 0 Å². The zero-order valence-electron chi connectivity index (χ0n) is 9.42. The summed E-state index contributed by atoms with van der Waals surface area (Å²) in [6, 6.07) is 0. The van der Waals surface area contributed by atoms with Crippen LogP contribution in [0.25, 0.3) is 0 Å². The number of hydrogen-bond acceptors (Lipinski definition) is 2. The first-order valence-electron chi connectivity index (χ1n) is 4.59. The van der Waals surface area contributed by atoms with Crippen molar-refractivity contribution in [1.29, 1.82) is 0 Å². The smallest absolute Gasteiger partial charge is 0.334 e. The van der Waals surface area contributed by atoms with Crippen LogP contribution in [-0.4, -0.2) is 37.3 Å². The molecule has 0 aliphatic heterocycles. The molecule has 0 aromatic rings. The Hall–Kier alpha value is -0.540. The van der Waals surface area contributed by atoms with E-state index < -0.39 is 0 Å². The summed E-state index contributed by atoms with van der Waals surface area (Å²) in [7, 11) is 4.09. The van der Waals surface area contributed by atoms with Crippen LogP contribution < -0.4 is 12.4 Å². The number of esters is 1. The predicted molar refractivity (Wildman–Crippen MR) is 53.0 cm³/mol. The van der Waals surface area contributed by atoms with Crippen molar-refractivity contribution >= 4 is 5.97 Å². The first-order chi connectivity index (χ1) is 5.94. The second-order valence-corrected chi connectivity index (χ2v) is 3.74. The van der Waals surface area contributed by atoms with E-state index in [9.17, 15) is 4.79 Å². The zero-order chi connectivity index (χ0) is 10.5. The van der Waals surface area contributed by atoms with Crippen molar-refractivity contribution in [2.24, 2.45) is 0 Å². The van der Waals surface area contributed by atoms with Gasteiger partial charge in [0.25, 0.3) is 0 Å². The molecule has 0 aliphatic carbocycles. The normalized spacial score (nSPS) is 12.6. The van der Waals surface area contributed by atoms with Crippen LogP contribution in [0.2, 0.25) is 0 Å². The number of ether oxygens (including phenoxy) is 1. The van der Waals surface area contributed by atoms with Gasteiger partial charge in [0, 0.05) is 13.0 Å². The molecule has 0 amide bonds. The van der Waals surface area contributed by atoms with E-state index in [1.807, 2.05) is 21.0 Å². The molecule has 1 atom stereocenters. The molecule has 0 spiro atoms. The van der Waals surface area contributed by atoms with E-state index in [0.29, 0.717) is 4.48 Å². The highest BCUT2D eigenvalue weighted by Gasteiger charge is 2.25. The molecule has 3 nitrogen and oxygen atoms in total. The molecular formula is C10H20ClNO2. The summed E-state index contributed by atoms with van der Waals surface area (Å²) in [6.07, 6.45) is 2.15. The van der Waals surface area contributed by atoms with Crippen LogP contribution in [0.15, 0.2) is 12.7 Å². The van der Waals surface area contributed by atoms with Gasteiger partial charge in [0.1, 0.15) is 0 Å². The standard InChI is InChI=1S/C10H20NO2.ClH/c1-6-8-11(4,5)9(3)13-10(12)7-2;/h7,9H,2,6,8H2,1,3-5H3;1H/q+1;/p-1. The van der Waals surface area contributed by atoms with E-state index in [2.05, 4.69) is 13.5 Å². The van der Waals surface area contributed by atoms with Crippen LogP contribution in [0, 0.1) is 0 Å². The number of carbonyl (C=O) groups is 1. The molecule has 0 N–H and O–H groups in total. The fourth-order valence-electron chi connectivity index (χ4n) is 1.12. The highest BCUT2D eigenvalue weighted by atomic mass is 35.5. The van der Waals surface area contributed by atoms with Crippen molar-refractivity contribution in [3.05, 3.63) is 12.7 Å². The lowest BCUT2D eigenvalue weighted by Crippen LogP contribution is -3.00. The largest absolute Gasteiger partial charge is 1.00 e. The maximum absolute atomic E-state index is 10.9. The van der Waals surface area contributed by atoms with Crippen molar-refractivity contribution in [1.82, 2.24) is 0 Å². The Balaban J connectivity index is 0. The minimum atomic E-state index is -0.352. The van der Waals surface area contributed by atoms with Crippen LogP contribution in [-0.2, 0) is 9.53 Å². The van der Waals surface area contributed by atoms with E-state index in [4.69, 9.17) is 4.74 Å². The molecule has 1 unspecified atom stereocenters. The Morgan fingerprint density at radius 3 is 2.43 bits per heavy atom. The fraction of sp³-hybridized carbons (Fsp3) is 0.700. The Bertz CT molecular complexity index is 193. The number of hydrogen-bond donors (Lipinski definition) is 0. The van der Waals surface area contributed by atoms with Crippen LogP contribution in [0.1, 0.15) is 20.3 Å². The van der Waals surface area contributed by atoms with Crippen LogP contribution in [0.3, 0.4) is 0 Å². The predicted octanol–water partition coefficient (Wildman–Crippen LogP) is -1.45. The lowest BCUT2D eigenvalue weighted by atomic mass is 10.3. The average Bonchev–Trinajstić information content (AvgIpc) is 2.04. The molecule has 4 heteroatoms. The highest BCUT2D eigenvalue weighted by molar-refractivity contribution is 5.81. The van der Waals surface area contributed by atoms with Gasteiger partial charge in [0.15, 0.2) is 0 Å². The molecule has 0 radical (unpaired) electrons. The Labute approximate surface area is 92.7 Å². The lowest BCUT2D eigenvalue weighted by Gasteiger charge is -2.34. The van der Waals surface area contributed by atoms with Crippen LogP contribution in [0.4, 0.5) is 0 Å². The number of nitrogens with zero attached hydrogens (tertiary/aromatic N) is 1. The van der Waals surface area contributed by atoms with Crippen molar-refractivity contribution in [2.75, 3.05) is 20.6 Å². The van der Waals surface area contributed by atoms with E-state index in [-0.39, 0.29) is 24.6 Å². The van der Waals surface area contributed by atoms with Gasteiger partial charge < -0.3 is 17.1 Å². The van der Waals surface area contributed by atoms with Crippen molar-refractivity contribution in [3.8, 4) is 0 Å². The minimum Gasteiger partial charge on any atom is -1.00 e. The molecule has 0 aliphatic rings. The van der Waals surface area contributed by atoms with Gasteiger partial charge in [-0.15, -0.1) is 0 Å². The molecular weight excluding hydrogens is 202 g/mol. The Kier molecular flexibility index (Phi) is 7.78. The molecule has 14 heavy (non-hydrogen) atoms. The molecule has 0 saturated heterocycles. The molecule has 0 bridgehead atoms. The summed E-state index contributed by atoms with van der Waals surface area (Å²) in [6.45, 7) is 8.36. The van der Waals surface area contributed by atoms with E-state index in [1.54, 1.807) is 0 Å². The van der Waals surface area contributed by atoms with Gasteiger partial charge in [0.2, 0.25) is 6.23 Å². The van der Waals surface area contributed by atoms with Gasteiger partial charge in [0.05, 0.1) is 20.6 Å². The van der Waals surface area contributed by atoms with Gasteiger partial charge in [-0.1, -0.05) is 13.5 Å². The third-order valence-corrected chi connectivity index (χ3v) is 2.24. The summed E-state index contributed by atoms with van der Waals surface area (Å²) in [5.74, 6) is -0.352. The van der Waals surface area contributed by atoms with Crippen molar-refractivity contribution < 1.29 is 26.4 Å². The van der Waals surface area contributed by atoms with Gasteiger partial charge in [-0.2, -0.15) is 0 Å². The Morgan fingerprint density at radius 1 is 1.57 bits per heavy atom. The summed E-state index contributed by atoms with van der Waals surface area (Å²) >= 11 is 0. The minimum absolute atomic E-state index is 0. The van der Waals surface area contributed by atoms with Gasteiger partial charge in [-0.25, -0.2) is 4.79 Å². The monoisotopic (exact) mass is 221 g/mol. The number of quaternary nitrogens is 1. The molecule has 84 valence electrons. The molecule has 0 aromatic carbocycles. The number of carbonyl (C=O) groups excluding carboxylic acids is 1. The van der Waals surface area contributed by atoms with Crippen LogP contribution >= 0.6 is 0 Å². The first-order valence-corrected chi connectivity index (χ1v) is 4.59. The molecule has 0 rings (SSSR count). The summed E-state index contributed by atoms with van der Waals surface area (Å²) in [5, 5.41) is 0. The quantitative estimate of drug-likeness (QED) is 0.246. The summed E-state index contributed by atoms with van der Waals surface area (Å²) < 4.78 is 5.82. The number of halogens is 1. The zero-order valence-corrected chi connectivity index (χ0v) is 10.2. The second kappa shape index (κ2) is 6.85. The average molecular weight is 222 g/mol. The van der Waals surface area contributed by atoms with Crippen molar-refractivity contribution in [2.45, 2.75) is 26.5 Å². The van der Waals surface area contributed by atoms with E-state index in [1.165, 1.54) is 6.08 Å². The van der Waals surface area contributed by atoms with E-state index in [0.717, 1.165) is 13.0 Å². The third-order valence-electron chi connectivity index (χ3n) is 2.24. The van der Waals surface area contributed by atoms with Gasteiger partial charge >= 0.3 is 5.97 Å². The number of rotatable bonds is 5. The fourth-order valence-corrected chi connectivity index (χ4v) is 1.12. The maximum Gasteiger partial charge on any atom is 0.334 e. The SMILES string of the molecule is C=CC(=O)OC(C)[N+](C)(C)CCC.[Cl-]. The molecule has 0 aromatic heterocycles. The summed E-state index contributed by atoms with van der Waals surface area (Å²) in [5.41, 5.74) is 0. The van der Waals surface area contributed by atoms with Crippen molar-refractivity contribution in [3.63, 3.8) is 0 Å². The second-order valence-electron chi connectivity index (χ2n) is 3.74. The maximum atomic E-state index is 10.9. The summed E-state index contributed by atoms with van der Waals surface area (Å²) in [4.78, 5) is 10.9. The highest BCUT2D eigenvalue weighted by Crippen LogP contribution is 2.09. The lowest BCUT2D eigenvalue weighted by molar-refractivity contribution is -0.932. The van der Waals surface area contributed by atoms with Gasteiger partial charge in [-0.05, 0) is 6.42 Å². The van der Waals surface area contributed by atoms with E-state index >= 15 is 0 Å². The first kappa shape index (κ1) is 15.9. The molecule has 0 fully saturated rings. The van der Waals surface area contributed by atoms with Gasteiger partial charge in [-0.3, -0.25) is 4.48 Å². The topological polar surface area (TPSA) is 26.3 Å².